The van der Waals surface area contributed by atoms with Crippen LogP contribution in [0, 0.1) is 5.82 Å². The zero-order chi connectivity index (χ0) is 21.1. The highest BCUT2D eigenvalue weighted by atomic mass is 32.2. The van der Waals surface area contributed by atoms with Crippen LogP contribution in [0.3, 0.4) is 0 Å². The molecule has 1 fully saturated rings. The molecule has 30 heavy (non-hydrogen) atoms. The maximum Gasteiger partial charge on any atom is 0.262 e. The van der Waals surface area contributed by atoms with Gasteiger partial charge in [0, 0.05) is 12.3 Å². The van der Waals surface area contributed by atoms with E-state index < -0.39 is 5.25 Å². The fourth-order valence-electron chi connectivity index (χ4n) is 3.38. The lowest BCUT2D eigenvalue weighted by molar-refractivity contribution is -0.115. The van der Waals surface area contributed by atoms with Gasteiger partial charge in [-0.15, -0.1) is 0 Å². The number of carbonyl (C=O) groups is 1. The van der Waals surface area contributed by atoms with Crippen molar-refractivity contribution in [3.8, 4) is 0 Å². The molecule has 156 valence electrons. The highest BCUT2D eigenvalue weighted by Gasteiger charge is 2.23. The standard InChI is InChI=1S/C22H22FN3O3S/c1-14(20(27)24-16-10-8-15(23)9-11-16)30-22-25-19-7-3-2-6-18(19)21(28)26(22)13-17-5-4-12-29-17/h2-3,6-11,14,17H,4-5,12-13H2,1H3,(H,24,27)/t14-,17+/m1/s1. The molecule has 2 aromatic carbocycles. The van der Waals surface area contributed by atoms with E-state index >= 15 is 0 Å². The van der Waals surface area contributed by atoms with Gasteiger partial charge in [-0.2, -0.15) is 0 Å². The third-order valence-corrected chi connectivity index (χ3v) is 6.09. The molecule has 4 rings (SSSR count). The quantitative estimate of drug-likeness (QED) is 0.478. The second kappa shape index (κ2) is 8.97. The molecule has 0 unspecified atom stereocenters. The van der Waals surface area contributed by atoms with E-state index in [1.165, 1.54) is 36.0 Å². The fourth-order valence-corrected chi connectivity index (χ4v) is 4.30. The minimum absolute atomic E-state index is 0.0339. The summed E-state index contributed by atoms with van der Waals surface area (Å²) in [6.07, 6.45) is 1.83. The Morgan fingerprint density at radius 1 is 1.30 bits per heavy atom. The number of halogens is 1. The summed E-state index contributed by atoms with van der Waals surface area (Å²) in [4.78, 5) is 30.4. The number of amides is 1. The number of fused-ring (bicyclic) bond motifs is 1. The van der Waals surface area contributed by atoms with Crippen LogP contribution in [-0.4, -0.2) is 33.4 Å². The number of rotatable bonds is 6. The van der Waals surface area contributed by atoms with Gasteiger partial charge >= 0.3 is 0 Å². The summed E-state index contributed by atoms with van der Waals surface area (Å²) in [5.74, 6) is -0.619. The van der Waals surface area contributed by atoms with Crippen molar-refractivity contribution < 1.29 is 13.9 Å². The first kappa shape index (κ1) is 20.6. The maximum absolute atomic E-state index is 13.1. The predicted octanol–water partition coefficient (Wildman–Crippen LogP) is 3.83. The number of aromatic nitrogens is 2. The van der Waals surface area contributed by atoms with Crippen molar-refractivity contribution in [2.24, 2.45) is 0 Å². The average Bonchev–Trinajstić information content (AvgIpc) is 3.26. The highest BCUT2D eigenvalue weighted by Crippen LogP contribution is 2.25. The Labute approximate surface area is 177 Å². The zero-order valence-corrected chi connectivity index (χ0v) is 17.3. The minimum Gasteiger partial charge on any atom is -0.376 e. The topological polar surface area (TPSA) is 73.2 Å². The molecule has 1 amide bonds. The molecule has 1 aromatic heterocycles. The third kappa shape index (κ3) is 4.55. The monoisotopic (exact) mass is 427 g/mol. The Hall–Kier alpha value is -2.71. The molecular weight excluding hydrogens is 405 g/mol. The van der Waals surface area contributed by atoms with Gasteiger partial charge in [-0.3, -0.25) is 14.2 Å². The van der Waals surface area contributed by atoms with E-state index in [9.17, 15) is 14.0 Å². The Kier molecular flexibility index (Phi) is 6.15. The Balaban J connectivity index is 1.60. The number of hydrogen-bond donors (Lipinski definition) is 1. The number of hydrogen-bond acceptors (Lipinski definition) is 5. The van der Waals surface area contributed by atoms with Crippen LogP contribution in [0.25, 0.3) is 10.9 Å². The van der Waals surface area contributed by atoms with E-state index in [-0.39, 0.29) is 23.4 Å². The molecule has 0 radical (unpaired) electrons. The number of thioether (sulfide) groups is 1. The Morgan fingerprint density at radius 2 is 2.07 bits per heavy atom. The summed E-state index contributed by atoms with van der Waals surface area (Å²) in [7, 11) is 0. The minimum atomic E-state index is -0.515. The van der Waals surface area contributed by atoms with Crippen molar-refractivity contribution in [2.45, 2.75) is 42.8 Å². The summed E-state index contributed by atoms with van der Waals surface area (Å²) < 4.78 is 20.4. The van der Waals surface area contributed by atoms with Gasteiger partial charge in [0.05, 0.1) is 28.8 Å². The summed E-state index contributed by atoms with van der Waals surface area (Å²) in [6, 6.07) is 12.8. The first-order valence-electron chi connectivity index (χ1n) is 9.85. The average molecular weight is 428 g/mol. The zero-order valence-electron chi connectivity index (χ0n) is 16.5. The van der Waals surface area contributed by atoms with Gasteiger partial charge in [0.15, 0.2) is 5.16 Å². The van der Waals surface area contributed by atoms with Gasteiger partial charge in [-0.05, 0) is 56.2 Å². The molecule has 1 N–H and O–H groups in total. The molecule has 0 aliphatic carbocycles. The van der Waals surface area contributed by atoms with Gasteiger partial charge in [0.25, 0.3) is 5.56 Å². The molecule has 1 aliphatic rings. The number of nitrogens with one attached hydrogen (secondary N) is 1. The largest absolute Gasteiger partial charge is 0.376 e. The molecule has 6 nitrogen and oxygen atoms in total. The molecule has 8 heteroatoms. The van der Waals surface area contributed by atoms with Gasteiger partial charge in [0.2, 0.25) is 5.91 Å². The third-order valence-electron chi connectivity index (χ3n) is 5.00. The van der Waals surface area contributed by atoms with E-state index in [4.69, 9.17) is 4.74 Å². The van der Waals surface area contributed by atoms with Crippen LogP contribution in [0.2, 0.25) is 0 Å². The fraction of sp³-hybridized carbons (Fsp3) is 0.318. The first-order chi connectivity index (χ1) is 14.5. The van der Waals surface area contributed by atoms with Crippen molar-refractivity contribution in [2.75, 3.05) is 11.9 Å². The van der Waals surface area contributed by atoms with Crippen molar-refractivity contribution >= 4 is 34.3 Å². The van der Waals surface area contributed by atoms with Crippen molar-refractivity contribution in [3.05, 3.63) is 64.7 Å². The smallest absolute Gasteiger partial charge is 0.262 e. The van der Waals surface area contributed by atoms with Gasteiger partial charge < -0.3 is 10.1 Å². The van der Waals surface area contributed by atoms with E-state index in [1.807, 2.05) is 12.1 Å². The number of benzene rings is 2. The SMILES string of the molecule is C[C@@H](Sc1nc2ccccc2c(=O)n1C[C@@H]1CCCO1)C(=O)Nc1ccc(F)cc1. The van der Waals surface area contributed by atoms with Crippen LogP contribution in [0.1, 0.15) is 19.8 Å². The predicted molar refractivity (Wildman–Crippen MR) is 115 cm³/mol. The number of anilines is 1. The number of nitrogens with zero attached hydrogens (tertiary/aromatic N) is 2. The van der Waals surface area contributed by atoms with E-state index in [0.29, 0.717) is 34.9 Å². The second-order valence-electron chi connectivity index (χ2n) is 7.22. The summed E-state index contributed by atoms with van der Waals surface area (Å²) in [5.41, 5.74) is 0.974. The molecule has 0 spiro atoms. The maximum atomic E-state index is 13.1. The molecule has 2 heterocycles. The van der Waals surface area contributed by atoms with E-state index in [0.717, 1.165) is 12.8 Å². The van der Waals surface area contributed by atoms with Gasteiger partial charge in [0.1, 0.15) is 5.82 Å². The molecule has 2 atom stereocenters. The van der Waals surface area contributed by atoms with Crippen LogP contribution in [0.15, 0.2) is 58.5 Å². The van der Waals surface area contributed by atoms with Crippen LogP contribution in [0.5, 0.6) is 0 Å². The van der Waals surface area contributed by atoms with Gasteiger partial charge in [-0.1, -0.05) is 23.9 Å². The van der Waals surface area contributed by atoms with Crippen LogP contribution in [0.4, 0.5) is 10.1 Å². The van der Waals surface area contributed by atoms with Crippen LogP contribution in [-0.2, 0) is 16.1 Å². The van der Waals surface area contributed by atoms with Crippen molar-refractivity contribution in [1.82, 2.24) is 9.55 Å². The second-order valence-corrected chi connectivity index (χ2v) is 8.53. The van der Waals surface area contributed by atoms with E-state index in [1.54, 1.807) is 23.6 Å². The highest BCUT2D eigenvalue weighted by molar-refractivity contribution is 8.00. The summed E-state index contributed by atoms with van der Waals surface area (Å²) >= 11 is 1.22. The van der Waals surface area contributed by atoms with Gasteiger partial charge in [-0.25, -0.2) is 9.37 Å². The molecule has 3 aromatic rings. The lowest BCUT2D eigenvalue weighted by atomic mass is 10.2. The number of para-hydroxylation sites is 1. The van der Waals surface area contributed by atoms with Crippen molar-refractivity contribution in [1.29, 1.82) is 0 Å². The molecule has 0 saturated carbocycles. The molecule has 0 bridgehead atoms. The Morgan fingerprint density at radius 3 is 2.80 bits per heavy atom. The molecule has 1 saturated heterocycles. The first-order valence-corrected chi connectivity index (χ1v) is 10.7. The van der Waals surface area contributed by atoms with Crippen LogP contribution < -0.4 is 10.9 Å². The summed E-state index contributed by atoms with van der Waals surface area (Å²) in [5, 5.41) is 3.28. The number of carbonyl (C=O) groups excluding carboxylic acids is 1. The molecular formula is C22H22FN3O3S. The lowest BCUT2D eigenvalue weighted by Gasteiger charge is -2.18. The number of ether oxygens (including phenoxy) is 1. The summed E-state index contributed by atoms with van der Waals surface area (Å²) in [6.45, 7) is 2.85. The molecule has 1 aliphatic heterocycles. The van der Waals surface area contributed by atoms with Crippen LogP contribution >= 0.6 is 11.8 Å². The van der Waals surface area contributed by atoms with Crippen molar-refractivity contribution in [3.63, 3.8) is 0 Å². The normalized spacial score (nSPS) is 17.2. The Bertz CT molecular complexity index is 1110. The van der Waals surface area contributed by atoms with E-state index in [2.05, 4.69) is 10.3 Å². The lowest BCUT2D eigenvalue weighted by Crippen LogP contribution is -2.30.